The molecule has 5 heteroatoms. The van der Waals surface area contributed by atoms with Crippen LogP contribution in [-0.2, 0) is 0 Å². The molecule has 0 aliphatic carbocycles. The Morgan fingerprint density at radius 2 is 2.29 bits per heavy atom. The quantitative estimate of drug-likeness (QED) is 0.713. The number of rotatable bonds is 2. The maximum Gasteiger partial charge on any atom is 0.138 e. The van der Waals surface area contributed by atoms with Gasteiger partial charge in [0.2, 0.25) is 0 Å². The molecule has 2 N–H and O–H groups in total. The van der Waals surface area contributed by atoms with E-state index < -0.39 is 0 Å². The molecule has 0 fully saturated rings. The number of aromatic nitrogens is 3. The van der Waals surface area contributed by atoms with Gasteiger partial charge in [0.1, 0.15) is 18.4 Å². The molecule has 0 aliphatic rings. The van der Waals surface area contributed by atoms with E-state index in [0.717, 1.165) is 11.4 Å². The van der Waals surface area contributed by atoms with Crippen LogP contribution >= 0.6 is 0 Å². The van der Waals surface area contributed by atoms with Gasteiger partial charge in [-0.3, -0.25) is 0 Å². The molecule has 0 atom stereocenters. The summed E-state index contributed by atoms with van der Waals surface area (Å²) in [5.41, 5.74) is 7.22. The van der Waals surface area contributed by atoms with Gasteiger partial charge in [0.15, 0.2) is 0 Å². The first-order valence-electron chi connectivity index (χ1n) is 4.10. The Morgan fingerprint density at radius 1 is 1.43 bits per heavy atom. The topological polar surface area (TPSA) is 66.0 Å². The summed E-state index contributed by atoms with van der Waals surface area (Å²) in [6.07, 6.45) is 3.06. The fourth-order valence-electron chi connectivity index (χ4n) is 1.20. The van der Waals surface area contributed by atoms with E-state index in [0.29, 0.717) is 5.69 Å². The molecule has 72 valence electrons. The zero-order valence-corrected chi connectivity index (χ0v) is 7.71. The van der Waals surface area contributed by atoms with Gasteiger partial charge in [0, 0.05) is 6.07 Å². The van der Waals surface area contributed by atoms with Crippen molar-refractivity contribution in [1.29, 1.82) is 0 Å². The lowest BCUT2D eigenvalue weighted by Gasteiger charge is -2.06. The normalized spacial score (nSPS) is 10.1. The minimum absolute atomic E-state index is 0.606. The number of hydrogen-bond acceptors (Lipinski definition) is 4. The van der Waals surface area contributed by atoms with Gasteiger partial charge in [-0.2, -0.15) is 5.10 Å². The summed E-state index contributed by atoms with van der Waals surface area (Å²) in [6, 6.07) is 5.41. The highest BCUT2D eigenvalue weighted by Gasteiger charge is 2.03. The molecule has 0 radical (unpaired) electrons. The van der Waals surface area contributed by atoms with Crippen LogP contribution in [0.25, 0.3) is 5.69 Å². The Bertz CT molecular complexity index is 424. The van der Waals surface area contributed by atoms with E-state index in [1.165, 1.54) is 6.33 Å². The van der Waals surface area contributed by atoms with Crippen LogP contribution in [-0.4, -0.2) is 21.9 Å². The average Bonchev–Trinajstić information content (AvgIpc) is 2.70. The average molecular weight is 190 g/mol. The monoisotopic (exact) mass is 190 g/mol. The fourth-order valence-corrected chi connectivity index (χ4v) is 1.20. The third-order valence-electron chi connectivity index (χ3n) is 1.90. The van der Waals surface area contributed by atoms with Gasteiger partial charge in [0.05, 0.1) is 18.5 Å². The second kappa shape index (κ2) is 3.37. The molecule has 0 unspecified atom stereocenters. The molecule has 2 aromatic rings. The Balaban J connectivity index is 2.46. The lowest BCUT2D eigenvalue weighted by atomic mass is 10.2. The van der Waals surface area contributed by atoms with E-state index in [1.54, 1.807) is 24.2 Å². The number of nitrogens with zero attached hydrogens (tertiary/aromatic N) is 3. The van der Waals surface area contributed by atoms with Crippen molar-refractivity contribution < 1.29 is 4.74 Å². The molecule has 0 bridgehead atoms. The number of nitrogen functional groups attached to an aromatic ring is 1. The molecular formula is C9H10N4O. The number of hydrogen-bond donors (Lipinski definition) is 1. The van der Waals surface area contributed by atoms with Crippen molar-refractivity contribution in [3.05, 3.63) is 30.9 Å². The van der Waals surface area contributed by atoms with E-state index in [2.05, 4.69) is 10.1 Å². The van der Waals surface area contributed by atoms with Gasteiger partial charge in [-0.15, -0.1) is 0 Å². The van der Waals surface area contributed by atoms with Crippen molar-refractivity contribution in [3.63, 3.8) is 0 Å². The molecule has 0 amide bonds. The summed E-state index contributed by atoms with van der Waals surface area (Å²) in [4.78, 5) is 3.85. The number of methoxy groups -OCH3 is 1. The standard InChI is InChI=1S/C9H10N4O/c1-14-7-2-3-9(8(10)4-7)13-6-11-5-12-13/h2-6H,10H2,1H3. The van der Waals surface area contributed by atoms with Gasteiger partial charge in [-0.25, -0.2) is 9.67 Å². The molecule has 0 saturated carbocycles. The summed E-state index contributed by atoms with van der Waals surface area (Å²) in [7, 11) is 1.60. The van der Waals surface area contributed by atoms with Crippen molar-refractivity contribution in [2.24, 2.45) is 0 Å². The first kappa shape index (κ1) is 8.55. The Hall–Kier alpha value is -2.04. The minimum atomic E-state index is 0.606. The summed E-state index contributed by atoms with van der Waals surface area (Å²) in [5, 5.41) is 3.99. The molecule has 0 saturated heterocycles. The summed E-state index contributed by atoms with van der Waals surface area (Å²) in [5.74, 6) is 0.728. The van der Waals surface area contributed by atoms with E-state index in [4.69, 9.17) is 10.5 Å². The van der Waals surface area contributed by atoms with Gasteiger partial charge >= 0.3 is 0 Å². The first-order valence-corrected chi connectivity index (χ1v) is 4.10. The summed E-state index contributed by atoms with van der Waals surface area (Å²) < 4.78 is 6.65. The number of anilines is 1. The van der Waals surface area contributed by atoms with Gasteiger partial charge in [0.25, 0.3) is 0 Å². The van der Waals surface area contributed by atoms with Crippen molar-refractivity contribution in [2.45, 2.75) is 0 Å². The number of nitrogens with two attached hydrogens (primary N) is 1. The Morgan fingerprint density at radius 3 is 2.86 bits per heavy atom. The Labute approximate surface area is 81.1 Å². The zero-order chi connectivity index (χ0) is 9.97. The van der Waals surface area contributed by atoms with Gasteiger partial charge < -0.3 is 10.5 Å². The highest BCUT2D eigenvalue weighted by atomic mass is 16.5. The van der Waals surface area contributed by atoms with E-state index in [9.17, 15) is 0 Å². The van der Waals surface area contributed by atoms with E-state index >= 15 is 0 Å². The van der Waals surface area contributed by atoms with Crippen LogP contribution in [0.2, 0.25) is 0 Å². The van der Waals surface area contributed by atoms with E-state index in [1.807, 2.05) is 12.1 Å². The van der Waals surface area contributed by atoms with Gasteiger partial charge in [-0.1, -0.05) is 0 Å². The number of benzene rings is 1. The maximum atomic E-state index is 5.82. The third kappa shape index (κ3) is 1.39. The molecule has 0 spiro atoms. The molecule has 14 heavy (non-hydrogen) atoms. The highest BCUT2D eigenvalue weighted by Crippen LogP contribution is 2.21. The number of ether oxygens (including phenoxy) is 1. The SMILES string of the molecule is COc1ccc(-n2cncn2)c(N)c1. The van der Waals surface area contributed by atoms with Crippen LogP contribution in [0, 0.1) is 0 Å². The van der Waals surface area contributed by atoms with Crippen molar-refractivity contribution in [2.75, 3.05) is 12.8 Å². The predicted octanol–water partition coefficient (Wildman–Crippen LogP) is 0.858. The second-order valence-electron chi connectivity index (χ2n) is 2.76. The Kier molecular flexibility index (Phi) is 2.06. The van der Waals surface area contributed by atoms with Crippen molar-refractivity contribution >= 4 is 5.69 Å². The molecule has 1 aromatic heterocycles. The van der Waals surface area contributed by atoms with Crippen LogP contribution in [0.4, 0.5) is 5.69 Å². The zero-order valence-electron chi connectivity index (χ0n) is 7.71. The second-order valence-corrected chi connectivity index (χ2v) is 2.76. The van der Waals surface area contributed by atoms with Crippen LogP contribution in [0.1, 0.15) is 0 Å². The molecule has 5 nitrogen and oxygen atoms in total. The molecule has 1 heterocycles. The summed E-state index contributed by atoms with van der Waals surface area (Å²) in [6.45, 7) is 0. The molecule has 2 rings (SSSR count). The van der Waals surface area contributed by atoms with Crippen LogP contribution in [0.5, 0.6) is 5.75 Å². The lowest BCUT2D eigenvalue weighted by Crippen LogP contribution is -2.00. The smallest absolute Gasteiger partial charge is 0.138 e. The highest BCUT2D eigenvalue weighted by molar-refractivity contribution is 5.60. The third-order valence-corrected chi connectivity index (χ3v) is 1.90. The van der Waals surface area contributed by atoms with Crippen LogP contribution in [0.3, 0.4) is 0 Å². The lowest BCUT2D eigenvalue weighted by molar-refractivity contribution is 0.415. The van der Waals surface area contributed by atoms with Gasteiger partial charge in [-0.05, 0) is 12.1 Å². The molecule has 1 aromatic carbocycles. The fraction of sp³-hybridized carbons (Fsp3) is 0.111. The van der Waals surface area contributed by atoms with Crippen molar-refractivity contribution in [3.8, 4) is 11.4 Å². The molecule has 0 aliphatic heterocycles. The maximum absolute atomic E-state index is 5.82. The first-order chi connectivity index (χ1) is 6.81. The molecular weight excluding hydrogens is 180 g/mol. The summed E-state index contributed by atoms with van der Waals surface area (Å²) >= 11 is 0. The van der Waals surface area contributed by atoms with Crippen LogP contribution < -0.4 is 10.5 Å². The minimum Gasteiger partial charge on any atom is -0.497 e. The van der Waals surface area contributed by atoms with E-state index in [-0.39, 0.29) is 0 Å². The predicted molar refractivity (Wildman–Crippen MR) is 52.3 cm³/mol. The van der Waals surface area contributed by atoms with Crippen molar-refractivity contribution in [1.82, 2.24) is 14.8 Å². The van der Waals surface area contributed by atoms with Crippen LogP contribution in [0.15, 0.2) is 30.9 Å². The largest absolute Gasteiger partial charge is 0.497 e.